The van der Waals surface area contributed by atoms with E-state index >= 15 is 0 Å². The van der Waals surface area contributed by atoms with E-state index in [1.807, 2.05) is 18.2 Å². The number of azo groups is 1. The van der Waals surface area contributed by atoms with Crippen LogP contribution in [0.25, 0.3) is 10.9 Å². The van der Waals surface area contributed by atoms with Crippen molar-refractivity contribution in [3.8, 4) is 18.2 Å². The molecule has 0 spiro atoms. The zero-order valence-electron chi connectivity index (χ0n) is 17.7. The molecule has 0 atom stereocenters. The standard InChI is InChI=1S/C24H24N4O3/c1-5-14-28-19-9-7-6-8-18(19)21(23(28)31)27-26-20(29)15-25-22(30)16-10-12-17(13-11-16)24(2,3)4/h1,6-13,31H,14-15H2,2-4H3,(H,25,30). The number of carbonyl (C=O) groups is 2. The number of benzene rings is 2. The summed E-state index contributed by atoms with van der Waals surface area (Å²) >= 11 is 0. The van der Waals surface area contributed by atoms with Gasteiger partial charge in [-0.05, 0) is 29.2 Å². The average molecular weight is 416 g/mol. The second-order valence-electron chi connectivity index (χ2n) is 8.08. The van der Waals surface area contributed by atoms with Crippen LogP contribution in [-0.2, 0) is 16.8 Å². The van der Waals surface area contributed by atoms with Gasteiger partial charge in [0.2, 0.25) is 5.88 Å². The molecule has 0 fully saturated rings. The molecule has 0 unspecified atom stereocenters. The summed E-state index contributed by atoms with van der Waals surface area (Å²) < 4.78 is 1.51. The van der Waals surface area contributed by atoms with E-state index < -0.39 is 5.91 Å². The SMILES string of the molecule is C#CCn1c(O)c(N=NC(=O)CNC(=O)c2ccc(C(C)(C)C)cc2)c2ccccc21. The molecule has 0 saturated carbocycles. The quantitative estimate of drug-likeness (QED) is 0.479. The van der Waals surface area contributed by atoms with E-state index in [0.29, 0.717) is 16.5 Å². The summed E-state index contributed by atoms with van der Waals surface area (Å²) in [5.74, 6) is 1.28. The number of rotatable bonds is 5. The Morgan fingerprint density at radius 2 is 1.81 bits per heavy atom. The normalized spacial score (nSPS) is 11.5. The minimum Gasteiger partial charge on any atom is -0.493 e. The molecule has 7 nitrogen and oxygen atoms in total. The smallest absolute Gasteiger partial charge is 0.283 e. The van der Waals surface area contributed by atoms with E-state index in [9.17, 15) is 14.7 Å². The van der Waals surface area contributed by atoms with E-state index in [0.717, 1.165) is 5.56 Å². The summed E-state index contributed by atoms with van der Waals surface area (Å²) in [7, 11) is 0. The Bertz CT molecular complexity index is 1190. The maximum atomic E-state index is 12.3. The molecule has 31 heavy (non-hydrogen) atoms. The number of amides is 2. The molecular formula is C24H24N4O3. The number of hydrogen-bond acceptors (Lipinski definition) is 4. The average Bonchev–Trinajstić information content (AvgIpc) is 3.01. The minimum atomic E-state index is -0.646. The first-order chi connectivity index (χ1) is 14.7. The van der Waals surface area contributed by atoms with Crippen LogP contribution in [0.4, 0.5) is 5.69 Å². The number of nitrogens with zero attached hydrogens (tertiary/aromatic N) is 3. The lowest BCUT2D eigenvalue weighted by Gasteiger charge is -2.18. The molecule has 0 aliphatic heterocycles. The fraction of sp³-hybridized carbons (Fsp3) is 0.250. The minimum absolute atomic E-state index is 0.0136. The third kappa shape index (κ3) is 4.81. The molecule has 2 aromatic carbocycles. The molecule has 2 amide bonds. The van der Waals surface area contributed by atoms with Crippen molar-refractivity contribution < 1.29 is 14.7 Å². The Morgan fingerprint density at radius 1 is 1.13 bits per heavy atom. The van der Waals surface area contributed by atoms with Gasteiger partial charge in [0.1, 0.15) is 6.54 Å². The summed E-state index contributed by atoms with van der Waals surface area (Å²) in [5.41, 5.74) is 2.39. The monoisotopic (exact) mass is 416 g/mol. The van der Waals surface area contributed by atoms with Crippen LogP contribution in [-0.4, -0.2) is 28.0 Å². The van der Waals surface area contributed by atoms with E-state index in [2.05, 4.69) is 42.2 Å². The van der Waals surface area contributed by atoms with Gasteiger partial charge in [-0.15, -0.1) is 16.7 Å². The van der Waals surface area contributed by atoms with Gasteiger partial charge in [-0.25, -0.2) is 0 Å². The fourth-order valence-corrected chi connectivity index (χ4v) is 3.14. The third-order valence-corrected chi connectivity index (χ3v) is 4.84. The van der Waals surface area contributed by atoms with Crippen molar-refractivity contribution in [2.75, 3.05) is 6.54 Å². The zero-order valence-corrected chi connectivity index (χ0v) is 17.7. The largest absolute Gasteiger partial charge is 0.493 e. The highest BCUT2D eigenvalue weighted by molar-refractivity contribution is 5.97. The first-order valence-electron chi connectivity index (χ1n) is 9.79. The molecule has 0 aliphatic carbocycles. The highest BCUT2D eigenvalue weighted by atomic mass is 16.3. The van der Waals surface area contributed by atoms with Gasteiger partial charge in [-0.3, -0.25) is 14.2 Å². The van der Waals surface area contributed by atoms with Crippen molar-refractivity contribution in [2.45, 2.75) is 32.7 Å². The predicted octanol–water partition coefficient (Wildman–Crippen LogP) is 4.32. The molecule has 0 bridgehead atoms. The van der Waals surface area contributed by atoms with Gasteiger partial charge in [0.05, 0.1) is 12.1 Å². The van der Waals surface area contributed by atoms with Crippen molar-refractivity contribution in [3.63, 3.8) is 0 Å². The maximum absolute atomic E-state index is 12.3. The van der Waals surface area contributed by atoms with Crippen LogP contribution in [0.3, 0.4) is 0 Å². The Kier molecular flexibility index (Phi) is 6.21. The van der Waals surface area contributed by atoms with Gasteiger partial charge in [0, 0.05) is 10.9 Å². The number of aromatic hydroxyl groups is 1. The van der Waals surface area contributed by atoms with Gasteiger partial charge < -0.3 is 10.4 Å². The molecule has 3 aromatic rings. The van der Waals surface area contributed by atoms with E-state index in [1.54, 1.807) is 30.3 Å². The summed E-state index contributed by atoms with van der Waals surface area (Å²) in [6.07, 6.45) is 5.37. The molecule has 158 valence electrons. The van der Waals surface area contributed by atoms with Gasteiger partial charge in [-0.1, -0.05) is 57.0 Å². The van der Waals surface area contributed by atoms with Crippen LogP contribution < -0.4 is 5.32 Å². The first-order valence-corrected chi connectivity index (χ1v) is 9.79. The summed E-state index contributed by atoms with van der Waals surface area (Å²) in [5, 5.41) is 21.1. The molecule has 3 rings (SSSR count). The molecular weight excluding hydrogens is 392 g/mol. The lowest BCUT2D eigenvalue weighted by molar-refractivity contribution is -0.117. The lowest BCUT2D eigenvalue weighted by atomic mass is 9.87. The first kappa shape index (κ1) is 21.8. The van der Waals surface area contributed by atoms with Crippen LogP contribution in [0.1, 0.15) is 36.7 Å². The number of para-hydroxylation sites is 1. The fourth-order valence-electron chi connectivity index (χ4n) is 3.14. The molecule has 0 saturated heterocycles. The Hall–Kier alpha value is -3.92. The van der Waals surface area contributed by atoms with Gasteiger partial charge in [0.25, 0.3) is 11.8 Å². The van der Waals surface area contributed by atoms with Crippen molar-refractivity contribution in [3.05, 3.63) is 59.7 Å². The number of aromatic nitrogens is 1. The Balaban J connectivity index is 1.68. The van der Waals surface area contributed by atoms with Crippen molar-refractivity contribution in [1.29, 1.82) is 0 Å². The number of fused-ring (bicyclic) bond motifs is 1. The molecule has 2 N–H and O–H groups in total. The number of terminal acetylenes is 1. The van der Waals surface area contributed by atoms with Gasteiger partial charge >= 0.3 is 0 Å². The van der Waals surface area contributed by atoms with Gasteiger partial charge in [0.15, 0.2) is 5.69 Å². The molecule has 1 heterocycles. The van der Waals surface area contributed by atoms with Crippen molar-refractivity contribution in [1.82, 2.24) is 9.88 Å². The zero-order chi connectivity index (χ0) is 22.6. The predicted molar refractivity (Wildman–Crippen MR) is 119 cm³/mol. The van der Waals surface area contributed by atoms with Crippen LogP contribution >= 0.6 is 0 Å². The van der Waals surface area contributed by atoms with Crippen LogP contribution in [0.2, 0.25) is 0 Å². The summed E-state index contributed by atoms with van der Waals surface area (Å²) in [6.45, 7) is 6.11. The number of nitrogens with one attached hydrogen (secondary N) is 1. The van der Waals surface area contributed by atoms with Crippen molar-refractivity contribution >= 4 is 28.4 Å². The lowest BCUT2D eigenvalue weighted by Crippen LogP contribution is -2.28. The molecule has 0 radical (unpaired) electrons. The van der Waals surface area contributed by atoms with Crippen molar-refractivity contribution in [2.24, 2.45) is 10.2 Å². The Morgan fingerprint density at radius 3 is 2.45 bits per heavy atom. The highest BCUT2D eigenvalue weighted by Gasteiger charge is 2.17. The summed E-state index contributed by atoms with van der Waals surface area (Å²) in [4.78, 5) is 24.4. The van der Waals surface area contributed by atoms with Crippen LogP contribution in [0.5, 0.6) is 5.88 Å². The van der Waals surface area contributed by atoms with E-state index in [1.165, 1.54) is 4.57 Å². The maximum Gasteiger partial charge on any atom is 0.283 e. The Labute approximate surface area is 180 Å². The molecule has 7 heteroatoms. The number of hydrogen-bond donors (Lipinski definition) is 2. The van der Waals surface area contributed by atoms with E-state index in [-0.39, 0.29) is 36.0 Å². The second kappa shape index (κ2) is 8.84. The van der Waals surface area contributed by atoms with E-state index in [4.69, 9.17) is 6.42 Å². The third-order valence-electron chi connectivity index (χ3n) is 4.84. The molecule has 0 aliphatic rings. The topological polar surface area (TPSA) is 96.0 Å². The second-order valence-corrected chi connectivity index (χ2v) is 8.08. The van der Waals surface area contributed by atoms with Crippen LogP contribution in [0, 0.1) is 12.3 Å². The van der Waals surface area contributed by atoms with Crippen LogP contribution in [0.15, 0.2) is 58.8 Å². The van der Waals surface area contributed by atoms with Gasteiger partial charge in [-0.2, -0.15) is 0 Å². The number of carbonyl (C=O) groups excluding carboxylic acids is 2. The molecule has 1 aromatic heterocycles. The highest BCUT2D eigenvalue weighted by Crippen LogP contribution is 2.38. The summed E-state index contributed by atoms with van der Waals surface area (Å²) in [6, 6.07) is 14.4.